The highest BCUT2D eigenvalue weighted by atomic mass is 32.2. The summed E-state index contributed by atoms with van der Waals surface area (Å²) in [6, 6.07) is 7.81. The van der Waals surface area contributed by atoms with Crippen molar-refractivity contribution >= 4 is 57.3 Å². The molecule has 2 amide bonds. The summed E-state index contributed by atoms with van der Waals surface area (Å²) in [5.41, 5.74) is 0.839. The fourth-order valence-corrected chi connectivity index (χ4v) is 5.67. The van der Waals surface area contributed by atoms with Gasteiger partial charge in [0.25, 0.3) is 11.8 Å². The molecule has 33 heavy (non-hydrogen) atoms. The smallest absolute Gasteiger partial charge is 0.353 e. The van der Waals surface area contributed by atoms with Gasteiger partial charge in [0.1, 0.15) is 29.2 Å². The molecule has 1 aromatic carbocycles. The van der Waals surface area contributed by atoms with Crippen molar-refractivity contribution in [3.05, 3.63) is 46.6 Å². The minimum absolute atomic E-state index is 0.0184. The molecule has 0 spiro atoms. The van der Waals surface area contributed by atoms with Crippen LogP contribution in [-0.4, -0.2) is 82.1 Å². The normalized spacial score (nSPS) is 20.2. The number of thioether (sulfide) groups is 1. The van der Waals surface area contributed by atoms with Crippen molar-refractivity contribution in [2.45, 2.75) is 11.4 Å². The van der Waals surface area contributed by atoms with Crippen molar-refractivity contribution < 1.29 is 24.3 Å². The summed E-state index contributed by atoms with van der Waals surface area (Å²) in [7, 11) is 4.95. The number of rotatable bonds is 7. The lowest BCUT2D eigenvalue weighted by atomic mass is 10.0. The molecule has 1 saturated heterocycles. The number of anilines is 1. The number of β-lactam (4-membered cyclic amide) rings is 1. The van der Waals surface area contributed by atoms with E-state index in [-0.39, 0.29) is 11.4 Å². The molecule has 3 heterocycles. The first kappa shape index (κ1) is 22.7. The standard InChI is InChI=1S/C20H20N6O5S2/c1-25(2)20-23-22-16(33-20)11-9-32-18-13(17(28)26(18)14(11)19(29)30)21-15(27)12(24-31-3)10-7-5-4-6-8-10/h4-8,13,18H,9H2,1-3H3,(H,21,27)(H,29,30)/b24-12+/t13?,18-/m1/s1. The van der Waals surface area contributed by atoms with Crippen LogP contribution in [0.1, 0.15) is 10.6 Å². The number of nitrogens with one attached hydrogen (secondary N) is 1. The molecule has 0 radical (unpaired) electrons. The van der Waals surface area contributed by atoms with Gasteiger partial charge in [0, 0.05) is 31.0 Å². The van der Waals surface area contributed by atoms with Gasteiger partial charge in [0.2, 0.25) is 5.13 Å². The van der Waals surface area contributed by atoms with E-state index in [1.54, 1.807) is 35.2 Å². The minimum Gasteiger partial charge on any atom is -0.477 e. The second-order valence-electron chi connectivity index (χ2n) is 7.27. The van der Waals surface area contributed by atoms with Crippen LogP contribution in [0.25, 0.3) is 5.57 Å². The highest BCUT2D eigenvalue weighted by molar-refractivity contribution is 8.00. The second-order valence-corrected chi connectivity index (χ2v) is 9.33. The van der Waals surface area contributed by atoms with Gasteiger partial charge in [0.15, 0.2) is 5.71 Å². The lowest BCUT2D eigenvalue weighted by Crippen LogP contribution is -2.71. The van der Waals surface area contributed by atoms with Crippen LogP contribution < -0.4 is 10.2 Å². The molecule has 2 aliphatic rings. The molecule has 0 saturated carbocycles. The number of benzene rings is 1. The van der Waals surface area contributed by atoms with Crippen LogP contribution in [0.3, 0.4) is 0 Å². The number of carbonyl (C=O) groups is 3. The topological polar surface area (TPSA) is 137 Å². The van der Waals surface area contributed by atoms with Gasteiger partial charge >= 0.3 is 5.97 Å². The monoisotopic (exact) mass is 488 g/mol. The Morgan fingerprint density at radius 3 is 2.61 bits per heavy atom. The Bertz CT molecular complexity index is 1160. The zero-order valence-electron chi connectivity index (χ0n) is 17.9. The van der Waals surface area contributed by atoms with Crippen LogP contribution in [0.2, 0.25) is 0 Å². The summed E-state index contributed by atoms with van der Waals surface area (Å²) in [6.07, 6.45) is 0. The number of carbonyl (C=O) groups excluding carboxylic acids is 2. The summed E-state index contributed by atoms with van der Waals surface area (Å²) < 4.78 is 0. The first-order valence-electron chi connectivity index (χ1n) is 9.73. The SMILES string of the molecule is CO/N=C(/C(=O)NC1C(=O)N2C(C(=O)O)=C(c3nnc(N(C)C)s3)CS[C@H]12)c1ccccc1. The molecule has 1 aromatic heterocycles. The van der Waals surface area contributed by atoms with Gasteiger partial charge in [-0.1, -0.05) is 46.8 Å². The molecule has 0 aliphatic carbocycles. The van der Waals surface area contributed by atoms with E-state index in [2.05, 4.69) is 20.7 Å². The van der Waals surface area contributed by atoms with E-state index in [4.69, 9.17) is 4.84 Å². The molecular formula is C20H20N6O5S2. The number of carboxylic acids is 1. The predicted molar refractivity (Wildman–Crippen MR) is 124 cm³/mol. The van der Waals surface area contributed by atoms with E-state index in [9.17, 15) is 19.5 Å². The van der Waals surface area contributed by atoms with E-state index in [0.717, 1.165) is 0 Å². The van der Waals surface area contributed by atoms with Crippen molar-refractivity contribution in [3.63, 3.8) is 0 Å². The molecule has 172 valence electrons. The van der Waals surface area contributed by atoms with E-state index in [1.165, 1.54) is 35.1 Å². The molecule has 13 heteroatoms. The van der Waals surface area contributed by atoms with Gasteiger partial charge in [-0.3, -0.25) is 14.5 Å². The molecule has 0 bridgehead atoms. The van der Waals surface area contributed by atoms with Crippen molar-refractivity contribution in [2.24, 2.45) is 5.16 Å². The minimum atomic E-state index is -1.24. The van der Waals surface area contributed by atoms with Gasteiger partial charge in [-0.25, -0.2) is 4.79 Å². The third kappa shape index (κ3) is 4.16. The molecule has 2 aliphatic heterocycles. The fraction of sp³-hybridized carbons (Fsp3) is 0.300. The Kier molecular flexibility index (Phi) is 6.33. The number of aliphatic carboxylic acids is 1. The number of aromatic nitrogens is 2. The summed E-state index contributed by atoms with van der Waals surface area (Å²) in [5, 5.41) is 25.0. The van der Waals surface area contributed by atoms with Crippen LogP contribution in [0.5, 0.6) is 0 Å². The summed E-state index contributed by atoms with van der Waals surface area (Å²) in [4.78, 5) is 45.7. The van der Waals surface area contributed by atoms with Crippen LogP contribution in [0.15, 0.2) is 41.2 Å². The summed E-state index contributed by atoms with van der Waals surface area (Å²) in [5.74, 6) is -2.03. The second kappa shape index (κ2) is 9.19. The third-order valence-corrected chi connectivity index (χ3v) is 7.39. The zero-order valence-corrected chi connectivity index (χ0v) is 19.5. The van der Waals surface area contributed by atoms with Gasteiger partial charge < -0.3 is 20.2 Å². The highest BCUT2D eigenvalue weighted by Crippen LogP contribution is 2.44. The molecule has 2 aromatic rings. The molecule has 2 atom stereocenters. The Morgan fingerprint density at radius 2 is 2.00 bits per heavy atom. The van der Waals surface area contributed by atoms with Crippen LogP contribution in [-0.2, 0) is 19.2 Å². The van der Waals surface area contributed by atoms with Crippen LogP contribution >= 0.6 is 23.1 Å². The lowest BCUT2D eigenvalue weighted by molar-refractivity contribution is -0.149. The number of hydrogen-bond acceptors (Lipinski definition) is 10. The van der Waals surface area contributed by atoms with E-state index in [1.807, 2.05) is 14.1 Å². The van der Waals surface area contributed by atoms with E-state index in [0.29, 0.717) is 27.0 Å². The summed E-state index contributed by atoms with van der Waals surface area (Å²) in [6.45, 7) is 0. The molecule has 1 fully saturated rings. The first-order chi connectivity index (χ1) is 15.8. The fourth-order valence-electron chi connectivity index (χ4n) is 3.42. The van der Waals surface area contributed by atoms with Crippen molar-refractivity contribution in [2.75, 3.05) is 31.9 Å². The molecular weight excluding hydrogens is 468 g/mol. The van der Waals surface area contributed by atoms with Gasteiger partial charge in [-0.2, -0.15) is 0 Å². The number of amides is 2. The lowest BCUT2D eigenvalue weighted by Gasteiger charge is -2.49. The first-order valence-corrected chi connectivity index (χ1v) is 11.6. The highest BCUT2D eigenvalue weighted by Gasteiger charge is 2.55. The average Bonchev–Trinajstić information content (AvgIpc) is 3.30. The number of nitrogens with zero attached hydrogens (tertiary/aromatic N) is 5. The maximum Gasteiger partial charge on any atom is 0.353 e. The van der Waals surface area contributed by atoms with E-state index >= 15 is 0 Å². The van der Waals surface area contributed by atoms with E-state index < -0.39 is 29.2 Å². The Labute approximate surface area is 197 Å². The van der Waals surface area contributed by atoms with Gasteiger partial charge in [-0.05, 0) is 0 Å². The average molecular weight is 489 g/mol. The number of carboxylic acid groups (broad SMARTS) is 1. The Hall–Kier alpha value is -3.45. The van der Waals surface area contributed by atoms with Gasteiger partial charge in [-0.15, -0.1) is 22.0 Å². The quantitative estimate of drug-likeness (QED) is 0.330. The largest absolute Gasteiger partial charge is 0.477 e. The summed E-state index contributed by atoms with van der Waals surface area (Å²) >= 11 is 2.60. The molecule has 11 nitrogen and oxygen atoms in total. The molecule has 2 N–H and O–H groups in total. The van der Waals surface area contributed by atoms with Crippen LogP contribution in [0, 0.1) is 0 Å². The maximum absolute atomic E-state index is 12.9. The molecule has 1 unspecified atom stereocenters. The Morgan fingerprint density at radius 1 is 1.27 bits per heavy atom. The van der Waals surface area contributed by atoms with Crippen molar-refractivity contribution in [1.29, 1.82) is 0 Å². The molecule has 4 rings (SSSR count). The maximum atomic E-state index is 12.9. The number of hydrogen-bond donors (Lipinski definition) is 2. The number of fused-ring (bicyclic) bond motifs is 1. The van der Waals surface area contributed by atoms with Crippen LogP contribution in [0.4, 0.5) is 5.13 Å². The van der Waals surface area contributed by atoms with Crippen molar-refractivity contribution in [3.8, 4) is 0 Å². The Balaban J connectivity index is 1.57. The zero-order chi connectivity index (χ0) is 23.7. The van der Waals surface area contributed by atoms with Crippen molar-refractivity contribution in [1.82, 2.24) is 20.4 Å². The predicted octanol–water partition coefficient (Wildman–Crippen LogP) is 0.850. The number of oxime groups is 1. The van der Waals surface area contributed by atoms with Gasteiger partial charge in [0.05, 0.1) is 0 Å². The third-order valence-electron chi connectivity index (χ3n) is 4.96.